The van der Waals surface area contributed by atoms with Crippen molar-refractivity contribution in [3.8, 4) is 0 Å². The molecule has 1 aliphatic heterocycles. The Kier molecular flexibility index (Phi) is 5.90. The van der Waals surface area contributed by atoms with Gasteiger partial charge in [0.1, 0.15) is 11.6 Å². The number of hydrogen-bond donors (Lipinski definition) is 0. The molecule has 3 rings (SSSR count). The van der Waals surface area contributed by atoms with Gasteiger partial charge in [0.25, 0.3) is 0 Å². The highest BCUT2D eigenvalue weighted by Gasteiger charge is 2.33. The highest BCUT2D eigenvalue weighted by atomic mass is 32.2. The number of sulfonamides is 1. The fourth-order valence-electron chi connectivity index (χ4n) is 2.96. The normalized spacial score (nSPS) is 15.9. The maximum absolute atomic E-state index is 13.9. The SMILES string of the molecule is Cc1ccc(/C=C/C(=O)N2CCN(S(=O)(=O)c3c(F)cccc3F)CC2)cc1. The van der Waals surface area contributed by atoms with Gasteiger partial charge in [0, 0.05) is 32.3 Å². The van der Waals surface area contributed by atoms with Crippen LogP contribution in [0.5, 0.6) is 0 Å². The lowest BCUT2D eigenvalue weighted by Crippen LogP contribution is -2.50. The van der Waals surface area contributed by atoms with Gasteiger partial charge in [0.2, 0.25) is 15.9 Å². The number of amides is 1. The molecule has 1 amide bonds. The van der Waals surface area contributed by atoms with E-state index >= 15 is 0 Å². The molecule has 0 unspecified atom stereocenters. The van der Waals surface area contributed by atoms with Crippen molar-refractivity contribution in [1.29, 1.82) is 0 Å². The summed E-state index contributed by atoms with van der Waals surface area (Å²) in [5.74, 6) is -2.49. The Morgan fingerprint density at radius 2 is 1.54 bits per heavy atom. The Morgan fingerprint density at radius 1 is 0.964 bits per heavy atom. The third-order valence-corrected chi connectivity index (χ3v) is 6.51. The van der Waals surface area contributed by atoms with Crippen molar-refractivity contribution in [2.45, 2.75) is 11.8 Å². The summed E-state index contributed by atoms with van der Waals surface area (Å²) < 4.78 is 53.9. The minimum Gasteiger partial charge on any atom is -0.337 e. The fraction of sp³-hybridized carbons (Fsp3) is 0.250. The summed E-state index contributed by atoms with van der Waals surface area (Å²) in [5.41, 5.74) is 2.00. The molecular weight excluding hydrogens is 386 g/mol. The standard InChI is InChI=1S/C20H20F2N2O3S/c1-15-5-7-16(8-6-15)9-10-19(25)23-11-13-24(14-12-23)28(26,27)20-17(21)3-2-4-18(20)22/h2-10H,11-14H2,1H3/b10-9+. The van der Waals surface area contributed by atoms with Gasteiger partial charge in [-0.2, -0.15) is 4.31 Å². The van der Waals surface area contributed by atoms with E-state index < -0.39 is 26.6 Å². The molecule has 0 aliphatic carbocycles. The number of nitrogens with zero attached hydrogens (tertiary/aromatic N) is 2. The number of rotatable bonds is 4. The van der Waals surface area contributed by atoms with Crippen molar-refractivity contribution >= 4 is 22.0 Å². The first kappa shape index (κ1) is 20.2. The molecule has 1 fully saturated rings. The first-order valence-electron chi connectivity index (χ1n) is 8.77. The van der Waals surface area contributed by atoms with Gasteiger partial charge < -0.3 is 4.90 Å². The second-order valence-corrected chi connectivity index (χ2v) is 8.40. The summed E-state index contributed by atoms with van der Waals surface area (Å²) in [6, 6.07) is 10.6. The molecule has 2 aromatic carbocycles. The van der Waals surface area contributed by atoms with Gasteiger partial charge in [-0.25, -0.2) is 17.2 Å². The van der Waals surface area contributed by atoms with Gasteiger partial charge in [0.15, 0.2) is 4.90 Å². The second kappa shape index (κ2) is 8.20. The van der Waals surface area contributed by atoms with Crippen LogP contribution in [0, 0.1) is 18.6 Å². The van der Waals surface area contributed by atoms with E-state index in [4.69, 9.17) is 0 Å². The van der Waals surface area contributed by atoms with Crippen LogP contribution >= 0.6 is 0 Å². The zero-order valence-electron chi connectivity index (χ0n) is 15.3. The van der Waals surface area contributed by atoms with E-state index in [1.807, 2.05) is 31.2 Å². The van der Waals surface area contributed by atoms with Gasteiger partial charge in [-0.1, -0.05) is 35.9 Å². The van der Waals surface area contributed by atoms with Crippen LogP contribution < -0.4 is 0 Å². The predicted molar refractivity (Wildman–Crippen MR) is 102 cm³/mol. The summed E-state index contributed by atoms with van der Waals surface area (Å²) in [7, 11) is -4.30. The monoisotopic (exact) mass is 406 g/mol. The molecule has 2 aromatic rings. The lowest BCUT2D eigenvalue weighted by molar-refractivity contribution is -0.127. The first-order valence-corrected chi connectivity index (χ1v) is 10.2. The van der Waals surface area contributed by atoms with Crippen molar-refractivity contribution in [3.63, 3.8) is 0 Å². The predicted octanol–water partition coefficient (Wildman–Crippen LogP) is 2.82. The van der Waals surface area contributed by atoms with Crippen molar-refractivity contribution in [2.75, 3.05) is 26.2 Å². The van der Waals surface area contributed by atoms with Gasteiger partial charge in [-0.05, 0) is 30.7 Å². The molecule has 1 saturated heterocycles. The zero-order chi connectivity index (χ0) is 20.3. The number of benzene rings is 2. The number of aryl methyl sites for hydroxylation is 1. The van der Waals surface area contributed by atoms with Crippen LogP contribution in [0.15, 0.2) is 53.4 Å². The van der Waals surface area contributed by atoms with Crippen LogP contribution in [-0.4, -0.2) is 49.7 Å². The van der Waals surface area contributed by atoms with Crippen molar-refractivity contribution in [1.82, 2.24) is 9.21 Å². The smallest absolute Gasteiger partial charge is 0.249 e. The van der Waals surface area contributed by atoms with E-state index in [0.717, 1.165) is 33.6 Å². The molecule has 0 saturated carbocycles. The minimum atomic E-state index is -4.30. The number of hydrogen-bond acceptors (Lipinski definition) is 3. The lowest BCUT2D eigenvalue weighted by atomic mass is 10.1. The molecule has 0 atom stereocenters. The average Bonchev–Trinajstić information content (AvgIpc) is 2.67. The number of halogens is 2. The first-order chi connectivity index (χ1) is 13.3. The van der Waals surface area contributed by atoms with Crippen molar-refractivity contribution in [2.24, 2.45) is 0 Å². The maximum atomic E-state index is 13.9. The van der Waals surface area contributed by atoms with Crippen LogP contribution in [0.3, 0.4) is 0 Å². The van der Waals surface area contributed by atoms with E-state index in [2.05, 4.69) is 0 Å². The van der Waals surface area contributed by atoms with Crippen LogP contribution in [0.2, 0.25) is 0 Å². The molecule has 0 spiro atoms. The summed E-state index contributed by atoms with van der Waals surface area (Å²) in [4.78, 5) is 12.9. The maximum Gasteiger partial charge on any atom is 0.249 e. The highest BCUT2D eigenvalue weighted by molar-refractivity contribution is 7.89. The van der Waals surface area contributed by atoms with Crippen molar-refractivity contribution in [3.05, 3.63) is 71.3 Å². The molecule has 1 heterocycles. The quantitative estimate of drug-likeness (QED) is 0.734. The third-order valence-electron chi connectivity index (χ3n) is 4.56. The molecule has 148 valence electrons. The van der Waals surface area contributed by atoms with E-state index in [1.54, 1.807) is 6.08 Å². The lowest BCUT2D eigenvalue weighted by Gasteiger charge is -2.33. The van der Waals surface area contributed by atoms with Gasteiger partial charge in [-0.15, -0.1) is 0 Å². The topological polar surface area (TPSA) is 57.7 Å². The van der Waals surface area contributed by atoms with Gasteiger partial charge in [0.05, 0.1) is 0 Å². The van der Waals surface area contributed by atoms with E-state index in [0.29, 0.717) is 0 Å². The average molecular weight is 406 g/mol. The highest BCUT2D eigenvalue weighted by Crippen LogP contribution is 2.23. The molecule has 0 aromatic heterocycles. The van der Waals surface area contributed by atoms with Crippen LogP contribution in [0.25, 0.3) is 6.08 Å². The van der Waals surface area contributed by atoms with E-state index in [-0.39, 0.29) is 32.1 Å². The van der Waals surface area contributed by atoms with Crippen molar-refractivity contribution < 1.29 is 22.0 Å². The Balaban J connectivity index is 1.65. The largest absolute Gasteiger partial charge is 0.337 e. The molecule has 1 aliphatic rings. The zero-order valence-corrected chi connectivity index (χ0v) is 16.1. The fourth-order valence-corrected chi connectivity index (χ4v) is 4.49. The summed E-state index contributed by atoms with van der Waals surface area (Å²) in [6.07, 6.45) is 3.13. The minimum absolute atomic E-state index is 0.0276. The molecule has 8 heteroatoms. The van der Waals surface area contributed by atoms with Gasteiger partial charge >= 0.3 is 0 Å². The Hall–Kier alpha value is -2.58. The summed E-state index contributed by atoms with van der Waals surface area (Å²) in [5, 5.41) is 0. The summed E-state index contributed by atoms with van der Waals surface area (Å²) in [6.45, 7) is 2.21. The molecular formula is C20H20F2N2O3S. The third kappa shape index (κ3) is 4.28. The number of carbonyl (C=O) groups is 1. The molecule has 0 bridgehead atoms. The van der Waals surface area contributed by atoms with Crippen LogP contribution in [-0.2, 0) is 14.8 Å². The number of piperazine rings is 1. The number of carbonyl (C=O) groups excluding carboxylic acids is 1. The van der Waals surface area contributed by atoms with Gasteiger partial charge in [-0.3, -0.25) is 4.79 Å². The Morgan fingerprint density at radius 3 is 2.11 bits per heavy atom. The molecule has 0 N–H and O–H groups in total. The summed E-state index contributed by atoms with van der Waals surface area (Å²) >= 11 is 0. The molecule has 0 radical (unpaired) electrons. The Labute approximate surface area is 162 Å². The second-order valence-electron chi connectivity index (χ2n) is 6.52. The van der Waals surface area contributed by atoms with E-state index in [1.165, 1.54) is 11.0 Å². The van der Waals surface area contributed by atoms with E-state index in [9.17, 15) is 22.0 Å². The Bertz CT molecular complexity index is 976. The molecule has 5 nitrogen and oxygen atoms in total. The molecule has 28 heavy (non-hydrogen) atoms. The van der Waals surface area contributed by atoms with Crippen LogP contribution in [0.4, 0.5) is 8.78 Å². The van der Waals surface area contributed by atoms with Crippen LogP contribution in [0.1, 0.15) is 11.1 Å².